The number of nitrogens with two attached hydrogens (primary N) is 1. The maximum absolute atomic E-state index is 12.0. The third kappa shape index (κ3) is 3.85. The van der Waals surface area contributed by atoms with Crippen LogP contribution in [0.4, 0.5) is 0 Å². The normalized spacial score (nSPS) is 24.8. The molecule has 1 fully saturated rings. The Hall–Kier alpha value is 0.120. The third-order valence-electron chi connectivity index (χ3n) is 2.69. The molecule has 0 spiro atoms. The van der Waals surface area contributed by atoms with E-state index in [0.717, 1.165) is 12.8 Å². The lowest BCUT2D eigenvalue weighted by Gasteiger charge is -2.31. The van der Waals surface area contributed by atoms with Gasteiger partial charge in [0.25, 0.3) is 0 Å². The molecule has 0 bridgehead atoms. The Balaban J connectivity index is 0.00000225. The summed E-state index contributed by atoms with van der Waals surface area (Å²) in [4.78, 5) is 0. The maximum Gasteiger partial charge on any atom is 0.219 e. The summed E-state index contributed by atoms with van der Waals surface area (Å²) in [6.45, 7) is 2.92. The van der Waals surface area contributed by atoms with E-state index in [9.17, 15) is 8.42 Å². The van der Waals surface area contributed by atoms with Gasteiger partial charge < -0.3 is 10.5 Å². The molecule has 98 valence electrons. The first-order chi connectivity index (χ1) is 6.98. The molecule has 1 unspecified atom stereocenters. The predicted octanol–water partition coefficient (Wildman–Crippen LogP) is 0.196. The summed E-state index contributed by atoms with van der Waals surface area (Å²) >= 11 is 0. The smallest absolute Gasteiger partial charge is 0.219 e. The molecule has 1 rings (SSSR count). The Kier molecular flexibility index (Phi) is 6.81. The molecule has 0 aliphatic carbocycles. The van der Waals surface area contributed by atoms with E-state index in [1.54, 1.807) is 6.92 Å². The zero-order chi connectivity index (χ0) is 11.5. The van der Waals surface area contributed by atoms with Crippen molar-refractivity contribution in [1.29, 1.82) is 0 Å². The van der Waals surface area contributed by atoms with Crippen molar-refractivity contribution in [2.75, 3.05) is 26.8 Å². The largest absolute Gasteiger partial charge is 0.383 e. The Bertz CT molecular complexity index is 297. The number of rotatable bonds is 4. The minimum Gasteiger partial charge on any atom is -0.383 e. The molecule has 1 aliphatic rings. The molecule has 0 aromatic carbocycles. The van der Waals surface area contributed by atoms with Gasteiger partial charge in [-0.2, -0.15) is 0 Å². The lowest BCUT2D eigenvalue weighted by atomic mass is 10.1. The topological polar surface area (TPSA) is 72.6 Å². The summed E-state index contributed by atoms with van der Waals surface area (Å²) < 4.78 is 30.4. The number of hydrogen-bond acceptors (Lipinski definition) is 4. The number of methoxy groups -OCH3 is 1. The van der Waals surface area contributed by atoms with Gasteiger partial charge in [-0.3, -0.25) is 0 Å². The molecule has 2 N–H and O–H groups in total. The monoisotopic (exact) mass is 272 g/mol. The summed E-state index contributed by atoms with van der Waals surface area (Å²) in [7, 11) is -1.72. The SMILES string of the molecule is COCC(C)S(=O)(=O)N1CCC[C@@H](N)C1.Cl. The second-order valence-corrected chi connectivity index (χ2v) is 6.42. The molecular weight excluding hydrogens is 252 g/mol. The van der Waals surface area contributed by atoms with Crippen LogP contribution in [-0.4, -0.2) is 50.8 Å². The van der Waals surface area contributed by atoms with Crippen LogP contribution in [-0.2, 0) is 14.8 Å². The van der Waals surface area contributed by atoms with E-state index in [0.29, 0.717) is 13.1 Å². The van der Waals surface area contributed by atoms with E-state index in [4.69, 9.17) is 10.5 Å². The fourth-order valence-corrected chi connectivity index (χ4v) is 3.38. The highest BCUT2D eigenvalue weighted by Crippen LogP contribution is 2.16. The van der Waals surface area contributed by atoms with Crippen molar-refractivity contribution in [3.63, 3.8) is 0 Å². The number of piperidine rings is 1. The molecular formula is C9H21ClN2O3S. The summed E-state index contributed by atoms with van der Waals surface area (Å²) in [5.74, 6) is 0. The number of sulfonamides is 1. The van der Waals surface area contributed by atoms with Crippen LogP contribution in [0.5, 0.6) is 0 Å². The van der Waals surface area contributed by atoms with E-state index >= 15 is 0 Å². The van der Waals surface area contributed by atoms with Crippen molar-refractivity contribution >= 4 is 22.4 Å². The molecule has 0 amide bonds. The molecule has 1 heterocycles. The predicted molar refractivity (Wildman–Crippen MR) is 66.3 cm³/mol. The van der Waals surface area contributed by atoms with E-state index in [-0.39, 0.29) is 25.1 Å². The number of nitrogens with zero attached hydrogens (tertiary/aromatic N) is 1. The van der Waals surface area contributed by atoms with E-state index in [2.05, 4.69) is 0 Å². The average Bonchev–Trinajstić information content (AvgIpc) is 2.18. The fraction of sp³-hybridized carbons (Fsp3) is 1.00. The van der Waals surface area contributed by atoms with Crippen molar-refractivity contribution in [2.24, 2.45) is 5.73 Å². The van der Waals surface area contributed by atoms with Crippen LogP contribution >= 0.6 is 12.4 Å². The van der Waals surface area contributed by atoms with Gasteiger partial charge in [0.1, 0.15) is 0 Å². The summed E-state index contributed by atoms with van der Waals surface area (Å²) in [6.07, 6.45) is 1.75. The van der Waals surface area contributed by atoms with Gasteiger partial charge in [0.05, 0.1) is 11.9 Å². The number of hydrogen-bond donors (Lipinski definition) is 1. The molecule has 0 aromatic heterocycles. The van der Waals surface area contributed by atoms with Gasteiger partial charge in [-0.25, -0.2) is 12.7 Å². The standard InChI is InChI=1S/C9H20N2O3S.ClH/c1-8(7-14-2)15(12,13)11-5-3-4-9(10)6-11;/h8-9H,3-7,10H2,1-2H3;1H/t8?,9-;/m1./s1. The van der Waals surface area contributed by atoms with Gasteiger partial charge in [0.15, 0.2) is 0 Å². The Labute approximate surface area is 104 Å². The summed E-state index contributed by atoms with van der Waals surface area (Å²) in [5.41, 5.74) is 5.76. The van der Waals surface area contributed by atoms with Crippen LogP contribution in [0.3, 0.4) is 0 Å². The maximum atomic E-state index is 12.0. The van der Waals surface area contributed by atoms with Gasteiger partial charge in [-0.05, 0) is 19.8 Å². The molecule has 1 aliphatic heterocycles. The third-order valence-corrected chi connectivity index (χ3v) is 4.89. The van der Waals surface area contributed by atoms with Crippen LogP contribution in [0.25, 0.3) is 0 Å². The van der Waals surface area contributed by atoms with Gasteiger partial charge in [-0.1, -0.05) is 0 Å². The molecule has 5 nitrogen and oxygen atoms in total. The van der Waals surface area contributed by atoms with Crippen LogP contribution in [0.2, 0.25) is 0 Å². The Morgan fingerprint density at radius 2 is 2.19 bits per heavy atom. The zero-order valence-corrected chi connectivity index (χ0v) is 11.4. The van der Waals surface area contributed by atoms with Gasteiger partial charge in [0.2, 0.25) is 10.0 Å². The summed E-state index contributed by atoms with van der Waals surface area (Å²) in [6, 6.07) is -0.0248. The highest BCUT2D eigenvalue weighted by atomic mass is 35.5. The van der Waals surface area contributed by atoms with Crippen molar-refractivity contribution in [3.8, 4) is 0 Å². The average molecular weight is 273 g/mol. The van der Waals surface area contributed by atoms with Crippen molar-refractivity contribution in [1.82, 2.24) is 4.31 Å². The minimum atomic E-state index is -3.23. The van der Waals surface area contributed by atoms with Crippen LogP contribution in [0.1, 0.15) is 19.8 Å². The van der Waals surface area contributed by atoms with E-state index in [1.165, 1.54) is 11.4 Å². The second-order valence-electron chi connectivity index (χ2n) is 4.07. The van der Waals surface area contributed by atoms with Gasteiger partial charge in [0, 0.05) is 26.2 Å². The van der Waals surface area contributed by atoms with E-state index < -0.39 is 15.3 Å². The lowest BCUT2D eigenvalue weighted by molar-refractivity contribution is 0.196. The lowest BCUT2D eigenvalue weighted by Crippen LogP contribution is -2.49. The van der Waals surface area contributed by atoms with Crippen molar-refractivity contribution in [3.05, 3.63) is 0 Å². The molecule has 1 saturated heterocycles. The van der Waals surface area contributed by atoms with Crippen molar-refractivity contribution in [2.45, 2.75) is 31.1 Å². The second kappa shape index (κ2) is 6.76. The molecule has 0 aromatic rings. The molecule has 0 radical (unpaired) electrons. The molecule has 16 heavy (non-hydrogen) atoms. The molecule has 2 atom stereocenters. The number of halogens is 1. The fourth-order valence-electron chi connectivity index (χ4n) is 1.78. The highest BCUT2D eigenvalue weighted by molar-refractivity contribution is 7.89. The van der Waals surface area contributed by atoms with Crippen LogP contribution in [0.15, 0.2) is 0 Å². The summed E-state index contributed by atoms with van der Waals surface area (Å²) in [5, 5.41) is -0.493. The molecule has 7 heteroatoms. The van der Waals surface area contributed by atoms with Gasteiger partial charge >= 0.3 is 0 Å². The van der Waals surface area contributed by atoms with Crippen LogP contribution < -0.4 is 5.73 Å². The van der Waals surface area contributed by atoms with E-state index in [1.807, 2.05) is 0 Å². The first kappa shape index (κ1) is 16.1. The van der Waals surface area contributed by atoms with Crippen molar-refractivity contribution < 1.29 is 13.2 Å². The molecule has 0 saturated carbocycles. The first-order valence-corrected chi connectivity index (χ1v) is 6.72. The van der Waals surface area contributed by atoms with Crippen LogP contribution in [0, 0.1) is 0 Å². The number of ether oxygens (including phenoxy) is 1. The highest BCUT2D eigenvalue weighted by Gasteiger charge is 2.31. The first-order valence-electron chi connectivity index (χ1n) is 5.22. The Morgan fingerprint density at radius 3 is 2.69 bits per heavy atom. The zero-order valence-electron chi connectivity index (χ0n) is 9.76. The minimum absolute atomic E-state index is 0. The Morgan fingerprint density at radius 1 is 1.56 bits per heavy atom. The quantitative estimate of drug-likeness (QED) is 0.793. The van der Waals surface area contributed by atoms with Gasteiger partial charge in [-0.15, -0.1) is 12.4 Å².